The van der Waals surface area contributed by atoms with Crippen molar-refractivity contribution in [2.24, 2.45) is 0 Å². The van der Waals surface area contributed by atoms with E-state index in [0.29, 0.717) is 16.8 Å². The molecule has 0 bridgehead atoms. The van der Waals surface area contributed by atoms with Crippen LogP contribution in [0.4, 0.5) is 10.5 Å². The van der Waals surface area contributed by atoms with Gasteiger partial charge in [0.1, 0.15) is 0 Å². The number of nitrogens with zero attached hydrogens (tertiary/aromatic N) is 1. The van der Waals surface area contributed by atoms with Gasteiger partial charge in [0.15, 0.2) is 5.78 Å². The van der Waals surface area contributed by atoms with Gasteiger partial charge < -0.3 is 10.6 Å². The second-order valence-electron chi connectivity index (χ2n) is 5.77. The van der Waals surface area contributed by atoms with Crippen LogP contribution in [-0.4, -0.2) is 17.9 Å². The Hall–Kier alpha value is -3.39. The monoisotopic (exact) mass is 333 g/mol. The molecule has 2 rings (SSSR count). The fourth-order valence-corrected chi connectivity index (χ4v) is 2.13. The third-order valence-electron chi connectivity index (χ3n) is 3.29. The van der Waals surface area contributed by atoms with Gasteiger partial charge in [-0.1, -0.05) is 18.2 Å². The van der Waals surface area contributed by atoms with Crippen molar-refractivity contribution in [2.75, 3.05) is 5.32 Å². The molecule has 2 aromatic carbocycles. The van der Waals surface area contributed by atoms with Crippen molar-refractivity contribution < 1.29 is 9.59 Å². The zero-order valence-corrected chi connectivity index (χ0v) is 14.1. The van der Waals surface area contributed by atoms with Gasteiger partial charge in [0.05, 0.1) is 11.6 Å². The number of urea groups is 1. The van der Waals surface area contributed by atoms with E-state index in [0.717, 1.165) is 5.56 Å². The molecule has 0 unspecified atom stereocenters. The highest BCUT2D eigenvalue weighted by Crippen LogP contribution is 2.12. The average Bonchev–Trinajstić information content (AvgIpc) is 2.59. The summed E-state index contributed by atoms with van der Waals surface area (Å²) in [6.07, 6.45) is 3.13. The van der Waals surface area contributed by atoms with Crippen LogP contribution in [0.5, 0.6) is 0 Å². The van der Waals surface area contributed by atoms with E-state index in [9.17, 15) is 9.59 Å². The lowest BCUT2D eigenvalue weighted by molar-refractivity contribution is 0.104. The van der Waals surface area contributed by atoms with Crippen molar-refractivity contribution >= 4 is 23.6 Å². The Balaban J connectivity index is 2.01. The summed E-state index contributed by atoms with van der Waals surface area (Å²) in [7, 11) is 0. The van der Waals surface area contributed by atoms with Crippen molar-refractivity contribution in [1.82, 2.24) is 5.32 Å². The Labute approximate surface area is 147 Å². The molecule has 0 aliphatic carbocycles. The number of anilines is 1. The molecule has 2 N–H and O–H groups in total. The number of nitrogens with one attached hydrogen (secondary N) is 2. The van der Waals surface area contributed by atoms with Gasteiger partial charge in [0.2, 0.25) is 0 Å². The highest BCUT2D eigenvalue weighted by atomic mass is 16.2. The first-order chi connectivity index (χ1) is 12.0. The molecule has 0 saturated heterocycles. The maximum atomic E-state index is 12.2. The zero-order valence-electron chi connectivity index (χ0n) is 14.1. The van der Waals surface area contributed by atoms with Crippen molar-refractivity contribution in [3.63, 3.8) is 0 Å². The van der Waals surface area contributed by atoms with Crippen molar-refractivity contribution in [3.05, 3.63) is 71.3 Å². The Bertz CT molecular complexity index is 831. The van der Waals surface area contributed by atoms with E-state index in [1.807, 2.05) is 19.9 Å². The molecule has 0 fully saturated rings. The van der Waals surface area contributed by atoms with Gasteiger partial charge in [0, 0.05) is 17.3 Å². The van der Waals surface area contributed by atoms with Crippen LogP contribution in [0.15, 0.2) is 54.6 Å². The minimum absolute atomic E-state index is 0.0468. The minimum Gasteiger partial charge on any atom is -0.336 e. The largest absolute Gasteiger partial charge is 0.336 e. The number of nitriles is 1. The lowest BCUT2D eigenvalue weighted by atomic mass is 10.1. The summed E-state index contributed by atoms with van der Waals surface area (Å²) in [5, 5.41) is 14.3. The van der Waals surface area contributed by atoms with E-state index in [2.05, 4.69) is 16.7 Å². The number of carbonyl (C=O) groups excluding carboxylic acids is 2. The maximum Gasteiger partial charge on any atom is 0.319 e. The first kappa shape index (κ1) is 18.0. The van der Waals surface area contributed by atoms with Crippen molar-refractivity contribution in [3.8, 4) is 6.07 Å². The summed E-state index contributed by atoms with van der Waals surface area (Å²) < 4.78 is 0. The molecular formula is C20H19N3O2. The normalized spacial score (nSPS) is 10.5. The minimum atomic E-state index is -0.286. The van der Waals surface area contributed by atoms with Gasteiger partial charge in [-0.2, -0.15) is 5.26 Å². The predicted molar refractivity (Wildman–Crippen MR) is 98.3 cm³/mol. The van der Waals surface area contributed by atoms with E-state index in [1.54, 1.807) is 48.5 Å². The molecule has 0 heterocycles. The van der Waals surface area contributed by atoms with Gasteiger partial charge in [-0.3, -0.25) is 4.79 Å². The number of ketones is 1. The standard InChI is InChI=1S/C20H19N3O2/c1-14(2)22-20(25)23-18-9-7-17(8-10-18)19(24)11-6-15-4-3-5-16(12-15)13-21/h3-12,14H,1-2H3,(H2,22,23,25)/b11-6+. The molecule has 0 aromatic heterocycles. The number of allylic oxidation sites excluding steroid dienone is 1. The number of hydrogen-bond acceptors (Lipinski definition) is 3. The molecule has 0 aliphatic rings. The van der Waals surface area contributed by atoms with E-state index in [1.165, 1.54) is 6.08 Å². The molecule has 5 nitrogen and oxygen atoms in total. The number of hydrogen-bond donors (Lipinski definition) is 2. The molecule has 0 spiro atoms. The third kappa shape index (κ3) is 5.63. The molecule has 0 aliphatic heterocycles. The number of rotatable bonds is 5. The Morgan fingerprint density at radius 2 is 1.84 bits per heavy atom. The van der Waals surface area contributed by atoms with Crippen molar-refractivity contribution in [1.29, 1.82) is 5.26 Å². The van der Waals surface area contributed by atoms with Crippen LogP contribution in [0.3, 0.4) is 0 Å². The molecular weight excluding hydrogens is 314 g/mol. The zero-order chi connectivity index (χ0) is 18.2. The van der Waals surface area contributed by atoms with Gasteiger partial charge in [-0.15, -0.1) is 0 Å². The quantitative estimate of drug-likeness (QED) is 0.641. The van der Waals surface area contributed by atoms with E-state index < -0.39 is 0 Å². The van der Waals surface area contributed by atoms with Gasteiger partial charge in [0.25, 0.3) is 0 Å². The fraction of sp³-hybridized carbons (Fsp3) is 0.150. The van der Waals surface area contributed by atoms with E-state index in [-0.39, 0.29) is 17.9 Å². The summed E-state index contributed by atoms with van der Waals surface area (Å²) in [5.41, 5.74) is 2.46. The van der Waals surface area contributed by atoms with Crippen LogP contribution in [0.2, 0.25) is 0 Å². The van der Waals surface area contributed by atoms with Gasteiger partial charge in [-0.25, -0.2) is 4.79 Å². The Kier molecular flexibility index (Phi) is 6.08. The summed E-state index contributed by atoms with van der Waals surface area (Å²) in [6, 6.07) is 15.5. The summed E-state index contributed by atoms with van der Waals surface area (Å²) in [6.45, 7) is 3.75. The molecule has 0 atom stereocenters. The molecule has 5 heteroatoms. The average molecular weight is 333 g/mol. The topological polar surface area (TPSA) is 82.0 Å². The second kappa shape index (κ2) is 8.46. The van der Waals surface area contributed by atoms with Crippen LogP contribution in [0, 0.1) is 11.3 Å². The fourth-order valence-electron chi connectivity index (χ4n) is 2.13. The Morgan fingerprint density at radius 1 is 1.12 bits per heavy atom. The first-order valence-corrected chi connectivity index (χ1v) is 7.88. The van der Waals surface area contributed by atoms with Crippen LogP contribution in [0.1, 0.15) is 35.3 Å². The second-order valence-corrected chi connectivity index (χ2v) is 5.77. The summed E-state index contributed by atoms with van der Waals surface area (Å²) >= 11 is 0. The van der Waals surface area contributed by atoms with Crippen LogP contribution in [0.25, 0.3) is 6.08 Å². The van der Waals surface area contributed by atoms with Crippen molar-refractivity contribution in [2.45, 2.75) is 19.9 Å². The molecule has 25 heavy (non-hydrogen) atoms. The van der Waals surface area contributed by atoms with Crippen LogP contribution >= 0.6 is 0 Å². The lowest BCUT2D eigenvalue weighted by Crippen LogP contribution is -2.34. The number of benzene rings is 2. The summed E-state index contributed by atoms with van der Waals surface area (Å²) in [5.74, 6) is -0.152. The van der Waals surface area contributed by atoms with E-state index >= 15 is 0 Å². The van der Waals surface area contributed by atoms with Gasteiger partial charge in [-0.05, 0) is 61.9 Å². The Morgan fingerprint density at radius 3 is 2.48 bits per heavy atom. The third-order valence-corrected chi connectivity index (χ3v) is 3.29. The number of amides is 2. The predicted octanol–water partition coefficient (Wildman–Crippen LogP) is 3.98. The SMILES string of the molecule is CC(C)NC(=O)Nc1ccc(C(=O)/C=C/c2cccc(C#N)c2)cc1. The first-order valence-electron chi connectivity index (χ1n) is 7.88. The molecule has 0 radical (unpaired) electrons. The lowest BCUT2D eigenvalue weighted by Gasteiger charge is -2.10. The smallest absolute Gasteiger partial charge is 0.319 e. The maximum absolute atomic E-state index is 12.2. The van der Waals surface area contributed by atoms with Gasteiger partial charge >= 0.3 is 6.03 Å². The number of carbonyl (C=O) groups is 2. The van der Waals surface area contributed by atoms with Crippen LogP contribution in [-0.2, 0) is 0 Å². The van der Waals surface area contributed by atoms with Crippen LogP contribution < -0.4 is 10.6 Å². The van der Waals surface area contributed by atoms with E-state index in [4.69, 9.17) is 5.26 Å². The highest BCUT2D eigenvalue weighted by molar-refractivity contribution is 6.07. The summed E-state index contributed by atoms with van der Waals surface area (Å²) in [4.78, 5) is 23.8. The molecule has 0 saturated carbocycles. The highest BCUT2D eigenvalue weighted by Gasteiger charge is 2.05. The molecule has 2 amide bonds. The molecule has 2 aromatic rings. The molecule has 126 valence electrons.